The number of unbranched alkanes of at least 4 members (excludes halogenated alkanes) is 7. The summed E-state index contributed by atoms with van der Waals surface area (Å²) >= 11 is 0. The van der Waals surface area contributed by atoms with Gasteiger partial charge in [0.05, 0.1) is 99.5 Å². The Kier molecular flexibility index (Phi) is 38.5. The molecule has 0 aromatic heterocycles. The molecular weight excluding hydrogens is 1480 g/mol. The van der Waals surface area contributed by atoms with Crippen molar-refractivity contribution in [3.05, 3.63) is 214 Å². The van der Waals surface area contributed by atoms with Gasteiger partial charge >= 0.3 is 17.9 Å². The largest absolute Gasteiger partial charge is 0.497 e. The predicted octanol–water partition coefficient (Wildman–Crippen LogP) is 21.7. The number of hydrogen-bond donors (Lipinski definition) is 1. The molecule has 0 amide bonds. The van der Waals surface area contributed by atoms with E-state index < -0.39 is 93.2 Å². The number of carbonyl (C=O) groups excluding carboxylic acids is 3. The summed E-state index contributed by atoms with van der Waals surface area (Å²) in [6, 6.07) is 41.1. The fraction of sp³-hybridized carbons (Fsp3) is 0.409. The molecule has 0 spiro atoms. The van der Waals surface area contributed by atoms with E-state index in [0.717, 1.165) is 81.8 Å². The van der Waals surface area contributed by atoms with Crippen molar-refractivity contribution in [3.8, 4) is 74.3 Å². The zero-order valence-electron chi connectivity index (χ0n) is 65.9. The first kappa shape index (κ1) is 91.8. The van der Waals surface area contributed by atoms with Crippen LogP contribution in [0, 0.1) is 64.8 Å². The fourth-order valence-corrected chi connectivity index (χ4v) is 11.9. The number of hydrogen-bond acceptors (Lipinski definition) is 17. The molecule has 10 rings (SSSR count). The lowest BCUT2D eigenvalue weighted by Crippen LogP contribution is -2.43. The SMILES string of the molecule is CCC.CCC.CCC1CC(CC2CC(CC(C)O)OC(CCCCCCCCCCOc3cc(C)ccc3C(=O)Oc3c(F)c(F)c(-c4c(F)c(F)c(OC)c(F)c4F)c(F)c3F)O2)OC(C)O1.COc1ccc(C(=O)Oc2ccc(-c3ccc(C#N)cc3)cc2)cc1.COc1ccc(OC(=O)c2ccc(OC)cc2)cc1. The van der Waals surface area contributed by atoms with Gasteiger partial charge in [-0.1, -0.05) is 116 Å². The number of aryl methyl sites for hydroxylation is 1. The Morgan fingerprint density at radius 2 is 0.876 bits per heavy atom. The summed E-state index contributed by atoms with van der Waals surface area (Å²) in [5.41, 5.74) is -0.408. The number of benzene rings is 8. The summed E-state index contributed by atoms with van der Waals surface area (Å²) in [4.78, 5) is 37.1. The molecular formula is C88H101F8NO16. The number of esters is 3. The molecule has 0 aliphatic carbocycles. The molecule has 0 radical (unpaired) electrons. The van der Waals surface area contributed by atoms with Crippen LogP contribution in [0.5, 0.6) is 46.0 Å². The Bertz CT molecular complexity index is 4260. The third-order valence-electron chi connectivity index (χ3n) is 17.5. The molecule has 2 fully saturated rings. The number of ether oxygens (including phenoxy) is 12. The highest BCUT2D eigenvalue weighted by Crippen LogP contribution is 2.43. The van der Waals surface area contributed by atoms with Crippen LogP contribution in [0.15, 0.2) is 140 Å². The van der Waals surface area contributed by atoms with Crippen molar-refractivity contribution in [1.82, 2.24) is 0 Å². The molecule has 610 valence electrons. The van der Waals surface area contributed by atoms with E-state index in [1.807, 2.05) is 31.2 Å². The topological polar surface area (TPSA) is 206 Å². The van der Waals surface area contributed by atoms with Gasteiger partial charge in [-0.2, -0.15) is 22.8 Å². The van der Waals surface area contributed by atoms with Gasteiger partial charge in [-0.25, -0.2) is 31.9 Å². The second kappa shape index (κ2) is 47.4. The minimum absolute atomic E-state index is 0.0235. The van der Waals surface area contributed by atoms with E-state index in [9.17, 15) is 37.1 Å². The van der Waals surface area contributed by atoms with E-state index in [1.54, 1.807) is 132 Å². The van der Waals surface area contributed by atoms with Crippen LogP contribution >= 0.6 is 0 Å². The minimum atomic E-state index is -2.49. The van der Waals surface area contributed by atoms with Gasteiger partial charge in [-0.3, -0.25) is 0 Å². The first-order chi connectivity index (χ1) is 54.3. The van der Waals surface area contributed by atoms with Gasteiger partial charge in [0.15, 0.2) is 41.6 Å². The van der Waals surface area contributed by atoms with Crippen LogP contribution < -0.4 is 37.9 Å². The predicted molar refractivity (Wildman–Crippen MR) is 412 cm³/mol. The Balaban J connectivity index is 0.000000320. The van der Waals surface area contributed by atoms with E-state index in [4.69, 9.17) is 57.4 Å². The Morgan fingerprint density at radius 1 is 0.478 bits per heavy atom. The first-order valence-electron chi connectivity index (χ1n) is 37.8. The molecule has 1 N–H and O–H groups in total. The van der Waals surface area contributed by atoms with Crippen molar-refractivity contribution in [1.29, 1.82) is 5.26 Å². The van der Waals surface area contributed by atoms with Gasteiger partial charge in [0.2, 0.25) is 29.0 Å². The number of aliphatic hydroxyl groups is 1. The van der Waals surface area contributed by atoms with Crippen LogP contribution in [0.25, 0.3) is 22.3 Å². The van der Waals surface area contributed by atoms with Gasteiger partial charge in [0.1, 0.15) is 40.1 Å². The first-order valence-corrected chi connectivity index (χ1v) is 37.8. The summed E-state index contributed by atoms with van der Waals surface area (Å²) in [6.07, 6.45) is 13.3. The van der Waals surface area contributed by atoms with Gasteiger partial charge in [0.25, 0.3) is 0 Å². The number of aliphatic hydroxyl groups excluding tert-OH is 1. The molecule has 8 aromatic carbocycles. The molecule has 25 heteroatoms. The third-order valence-corrected chi connectivity index (χ3v) is 17.5. The maximum absolute atomic E-state index is 15.1. The van der Waals surface area contributed by atoms with Gasteiger partial charge < -0.3 is 61.9 Å². The van der Waals surface area contributed by atoms with Crippen molar-refractivity contribution < 1.29 is 111 Å². The molecule has 2 heterocycles. The summed E-state index contributed by atoms with van der Waals surface area (Å²) in [6.45, 7) is 16.1. The van der Waals surface area contributed by atoms with Crippen LogP contribution in [0.4, 0.5) is 35.1 Å². The maximum Gasteiger partial charge on any atom is 0.347 e. The van der Waals surface area contributed by atoms with Crippen molar-refractivity contribution in [3.63, 3.8) is 0 Å². The zero-order chi connectivity index (χ0) is 82.7. The van der Waals surface area contributed by atoms with Gasteiger partial charge in [0, 0.05) is 19.3 Å². The van der Waals surface area contributed by atoms with Crippen LogP contribution in [-0.2, 0) is 18.9 Å². The summed E-state index contributed by atoms with van der Waals surface area (Å²) in [5, 5.41) is 18.9. The highest BCUT2D eigenvalue weighted by atomic mass is 19.2. The normalized spacial score (nSPS) is 16.4. The van der Waals surface area contributed by atoms with Gasteiger partial charge in [-0.15, -0.1) is 0 Å². The van der Waals surface area contributed by atoms with Crippen LogP contribution in [0.1, 0.15) is 193 Å². The van der Waals surface area contributed by atoms with Crippen LogP contribution in [0.3, 0.4) is 0 Å². The lowest BCUT2D eigenvalue weighted by Gasteiger charge is -2.40. The number of carbonyl (C=O) groups is 3. The van der Waals surface area contributed by atoms with Crippen molar-refractivity contribution in [2.24, 2.45) is 0 Å². The van der Waals surface area contributed by atoms with Crippen LogP contribution in [-0.4, -0.2) is 101 Å². The van der Waals surface area contributed by atoms with E-state index in [1.165, 1.54) is 31.0 Å². The summed E-state index contributed by atoms with van der Waals surface area (Å²) < 4.78 is 183. The zero-order valence-corrected chi connectivity index (χ0v) is 65.9. The number of rotatable bonds is 29. The highest BCUT2D eigenvalue weighted by Gasteiger charge is 2.38. The van der Waals surface area contributed by atoms with Crippen molar-refractivity contribution >= 4 is 17.9 Å². The number of nitriles is 1. The molecule has 17 nitrogen and oxygen atoms in total. The second-order valence-electron chi connectivity index (χ2n) is 26.7. The maximum atomic E-state index is 15.1. The Morgan fingerprint density at radius 3 is 1.33 bits per heavy atom. The quantitative estimate of drug-likeness (QED) is 0.0152. The summed E-state index contributed by atoms with van der Waals surface area (Å²) in [5.74, 6) is -21.8. The monoisotopic (exact) mass is 1580 g/mol. The average Bonchev–Trinajstić information content (AvgIpc) is 0.745. The number of methoxy groups -OCH3 is 4. The molecule has 0 saturated carbocycles. The van der Waals surface area contributed by atoms with Crippen molar-refractivity contribution in [2.75, 3.05) is 35.0 Å². The van der Waals surface area contributed by atoms with E-state index in [-0.39, 0.29) is 54.9 Å². The smallest absolute Gasteiger partial charge is 0.347 e. The standard InChI is InChI=1S/C46H56F8O9.C21H15NO3.C15H14O4.2C3H8/c1-6-27-21-29(60-26(4)59-27)23-30-22-28(20-25(3)55)61-33(62-30)15-13-11-9-7-8-10-12-14-18-58-32-19-24(2)16-17-31(32)46(56)63-45-42(53)38(49)35(39(50)43(45)54)34-36(47)40(51)44(57-5)41(52)37(34)48;1-24-19-10-8-18(9-11-19)21(23)25-20-12-6-17(7-13-20)16-4-2-15(14-22)3-5-16;1-17-12-5-3-11(4-6-12)15(16)19-14-9-7-13(18-2)8-10-14;2*1-3-2/h16-17,19,25-30,33,55H,6-15,18,20-23H2,1-5H3;2-13H,1H3;3-10H,1-2H3;2*3H2,1-2H3. The molecule has 2 saturated heterocycles. The number of nitrogens with zero attached hydrogens (tertiary/aromatic N) is 1. The third kappa shape index (κ3) is 27.9. The minimum Gasteiger partial charge on any atom is -0.497 e. The van der Waals surface area contributed by atoms with Gasteiger partial charge in [-0.05, 0) is 179 Å². The number of halogens is 8. The van der Waals surface area contributed by atoms with E-state index in [0.29, 0.717) is 77.4 Å². The summed E-state index contributed by atoms with van der Waals surface area (Å²) in [7, 11) is 5.38. The van der Waals surface area contributed by atoms with Crippen LogP contribution in [0.2, 0.25) is 0 Å². The Labute approximate surface area is 656 Å². The molecule has 0 bridgehead atoms. The lowest BCUT2D eigenvalue weighted by atomic mass is 9.96. The molecule has 7 atom stereocenters. The fourth-order valence-electron chi connectivity index (χ4n) is 11.9. The molecule has 8 aromatic rings. The molecule has 2 aliphatic rings. The second-order valence-corrected chi connectivity index (χ2v) is 26.7. The Hall–Kier alpha value is -10.1. The van der Waals surface area contributed by atoms with E-state index in [2.05, 4.69) is 45.4 Å². The van der Waals surface area contributed by atoms with Crippen molar-refractivity contribution in [2.45, 2.75) is 201 Å². The van der Waals surface area contributed by atoms with E-state index >= 15 is 17.6 Å². The highest BCUT2D eigenvalue weighted by molar-refractivity contribution is 5.94. The molecule has 7 unspecified atom stereocenters. The average molecular weight is 1580 g/mol. The lowest BCUT2D eigenvalue weighted by molar-refractivity contribution is -0.271. The molecule has 2 aliphatic heterocycles. The molecule has 113 heavy (non-hydrogen) atoms.